The lowest BCUT2D eigenvalue weighted by Gasteiger charge is -2.32. The van der Waals surface area contributed by atoms with E-state index in [0.29, 0.717) is 12.0 Å². The molecule has 7 nitrogen and oxygen atoms in total. The first-order valence-corrected chi connectivity index (χ1v) is 6.04. The van der Waals surface area contributed by atoms with Crippen molar-refractivity contribution < 1.29 is 19.4 Å². The van der Waals surface area contributed by atoms with Crippen molar-refractivity contribution >= 4 is 18.1 Å². The average Bonchev–Trinajstić information content (AvgIpc) is 2.46. The maximum atomic E-state index is 10.5. The van der Waals surface area contributed by atoms with Gasteiger partial charge in [0.05, 0.1) is 18.5 Å². The zero-order valence-electron chi connectivity index (χ0n) is 10.4. The Bertz CT molecular complexity index is 441. The van der Waals surface area contributed by atoms with Gasteiger partial charge in [-0.15, -0.1) is 0 Å². The van der Waals surface area contributed by atoms with Crippen molar-refractivity contribution in [2.45, 2.75) is 18.9 Å². The minimum absolute atomic E-state index is 0.0189. The van der Waals surface area contributed by atoms with Gasteiger partial charge in [0.2, 0.25) is 0 Å². The van der Waals surface area contributed by atoms with Crippen LogP contribution in [0, 0.1) is 0 Å². The fourth-order valence-corrected chi connectivity index (χ4v) is 2.00. The number of hydrogen-bond acceptors (Lipinski definition) is 6. The molecule has 7 heteroatoms. The second-order valence-corrected chi connectivity index (χ2v) is 4.31. The van der Waals surface area contributed by atoms with Crippen LogP contribution in [-0.4, -0.2) is 53.1 Å². The van der Waals surface area contributed by atoms with Crippen molar-refractivity contribution in [3.05, 3.63) is 18.1 Å². The summed E-state index contributed by atoms with van der Waals surface area (Å²) in [4.78, 5) is 31.1. The van der Waals surface area contributed by atoms with Gasteiger partial charge in [-0.3, -0.25) is 4.79 Å². The molecular weight excluding hydrogens is 250 g/mol. The predicted octanol–water partition coefficient (Wildman–Crippen LogP) is 0.359. The van der Waals surface area contributed by atoms with Gasteiger partial charge in [-0.2, -0.15) is 0 Å². The molecule has 0 spiro atoms. The summed E-state index contributed by atoms with van der Waals surface area (Å²) >= 11 is 0. The molecule has 1 saturated heterocycles. The summed E-state index contributed by atoms with van der Waals surface area (Å²) in [7, 11) is 0. The minimum Gasteiger partial charge on any atom is -0.480 e. The molecule has 19 heavy (non-hydrogen) atoms. The van der Waals surface area contributed by atoms with Gasteiger partial charge in [-0.1, -0.05) is 0 Å². The first-order valence-electron chi connectivity index (χ1n) is 6.04. The molecule has 0 aliphatic carbocycles. The fourth-order valence-electron chi connectivity index (χ4n) is 2.00. The largest absolute Gasteiger partial charge is 0.480 e. The molecule has 1 aromatic heterocycles. The number of aldehydes is 1. The van der Waals surface area contributed by atoms with Gasteiger partial charge in [-0.25, -0.2) is 14.8 Å². The zero-order valence-corrected chi connectivity index (χ0v) is 10.4. The SMILES string of the molecule is O=Cc1cnc(N2CCC(OCC(=O)O)CC2)cn1. The van der Waals surface area contributed by atoms with E-state index in [1.165, 1.54) is 6.20 Å². The zero-order chi connectivity index (χ0) is 13.7. The Kier molecular flexibility index (Phi) is 4.40. The van der Waals surface area contributed by atoms with E-state index in [1.807, 2.05) is 4.90 Å². The molecule has 0 bridgehead atoms. The van der Waals surface area contributed by atoms with E-state index in [2.05, 4.69) is 9.97 Å². The van der Waals surface area contributed by atoms with Crippen molar-refractivity contribution in [3.63, 3.8) is 0 Å². The van der Waals surface area contributed by atoms with E-state index >= 15 is 0 Å². The third kappa shape index (κ3) is 3.72. The number of carboxylic acids is 1. The molecule has 0 radical (unpaired) electrons. The molecule has 1 aromatic rings. The smallest absolute Gasteiger partial charge is 0.329 e. The third-order valence-corrected chi connectivity index (χ3v) is 2.99. The lowest BCUT2D eigenvalue weighted by molar-refractivity contribution is -0.144. The molecule has 0 atom stereocenters. The molecule has 0 saturated carbocycles. The number of hydrogen-bond donors (Lipinski definition) is 1. The summed E-state index contributed by atoms with van der Waals surface area (Å²) in [6.45, 7) is 1.22. The molecule has 0 aromatic carbocycles. The number of carbonyl (C=O) groups excluding carboxylic acids is 1. The van der Waals surface area contributed by atoms with Crippen LogP contribution in [0.4, 0.5) is 5.82 Å². The highest BCUT2D eigenvalue weighted by Crippen LogP contribution is 2.18. The highest BCUT2D eigenvalue weighted by molar-refractivity contribution is 5.71. The molecule has 2 rings (SSSR count). The summed E-state index contributed by atoms with van der Waals surface area (Å²) in [5.41, 5.74) is 0.309. The van der Waals surface area contributed by atoms with Gasteiger partial charge in [0.1, 0.15) is 18.1 Å². The number of aliphatic carboxylic acids is 1. The number of nitrogens with zero attached hydrogens (tertiary/aromatic N) is 3. The maximum Gasteiger partial charge on any atom is 0.329 e. The molecular formula is C12H15N3O4. The van der Waals surface area contributed by atoms with Crippen LogP contribution in [0.2, 0.25) is 0 Å². The lowest BCUT2D eigenvalue weighted by Crippen LogP contribution is -2.38. The Balaban J connectivity index is 1.85. The second-order valence-electron chi connectivity index (χ2n) is 4.31. The van der Waals surface area contributed by atoms with Crippen molar-refractivity contribution in [1.29, 1.82) is 0 Å². The number of ether oxygens (including phenoxy) is 1. The molecule has 1 aliphatic heterocycles. The Morgan fingerprint density at radius 1 is 1.42 bits per heavy atom. The quantitative estimate of drug-likeness (QED) is 0.768. The van der Waals surface area contributed by atoms with Gasteiger partial charge in [0.15, 0.2) is 6.29 Å². The molecule has 1 fully saturated rings. The third-order valence-electron chi connectivity index (χ3n) is 2.99. The minimum atomic E-state index is -0.947. The van der Waals surface area contributed by atoms with E-state index < -0.39 is 5.97 Å². The Morgan fingerprint density at radius 3 is 2.68 bits per heavy atom. The van der Waals surface area contributed by atoms with E-state index in [-0.39, 0.29) is 12.7 Å². The number of rotatable bonds is 5. The summed E-state index contributed by atoms with van der Waals surface area (Å²) < 4.78 is 5.26. The van der Waals surface area contributed by atoms with Gasteiger partial charge in [0.25, 0.3) is 0 Å². The Labute approximate surface area is 110 Å². The standard InChI is InChI=1S/C12H15N3O4/c16-7-9-5-14-11(6-13-9)15-3-1-10(2-4-15)19-8-12(17)18/h5-7,10H,1-4,8H2,(H,17,18). The normalized spacial score (nSPS) is 16.3. The van der Waals surface area contributed by atoms with Gasteiger partial charge in [-0.05, 0) is 12.8 Å². The second kappa shape index (κ2) is 6.24. The van der Waals surface area contributed by atoms with Crippen molar-refractivity contribution in [2.24, 2.45) is 0 Å². The van der Waals surface area contributed by atoms with Crippen molar-refractivity contribution in [2.75, 3.05) is 24.6 Å². The topological polar surface area (TPSA) is 92.6 Å². The first kappa shape index (κ1) is 13.4. The van der Waals surface area contributed by atoms with E-state index in [4.69, 9.17) is 9.84 Å². The van der Waals surface area contributed by atoms with Crippen molar-refractivity contribution in [3.8, 4) is 0 Å². The van der Waals surface area contributed by atoms with E-state index in [9.17, 15) is 9.59 Å². The van der Waals surface area contributed by atoms with E-state index in [1.54, 1.807) is 6.20 Å². The van der Waals surface area contributed by atoms with Crippen LogP contribution in [0.5, 0.6) is 0 Å². The van der Waals surface area contributed by atoms with Crippen LogP contribution < -0.4 is 4.90 Å². The van der Waals surface area contributed by atoms with Crippen LogP contribution in [0.3, 0.4) is 0 Å². The molecule has 2 heterocycles. The summed E-state index contributed by atoms with van der Waals surface area (Å²) in [5, 5.41) is 8.54. The molecule has 102 valence electrons. The van der Waals surface area contributed by atoms with Crippen LogP contribution in [0.1, 0.15) is 23.3 Å². The highest BCUT2D eigenvalue weighted by atomic mass is 16.5. The van der Waals surface area contributed by atoms with Crippen molar-refractivity contribution in [1.82, 2.24) is 9.97 Å². The fraction of sp³-hybridized carbons (Fsp3) is 0.500. The molecule has 1 N–H and O–H groups in total. The van der Waals surface area contributed by atoms with Crippen LogP contribution in [0.15, 0.2) is 12.4 Å². The van der Waals surface area contributed by atoms with E-state index in [0.717, 1.165) is 31.7 Å². The molecule has 0 unspecified atom stereocenters. The lowest BCUT2D eigenvalue weighted by atomic mass is 10.1. The van der Waals surface area contributed by atoms with Gasteiger partial charge >= 0.3 is 5.97 Å². The first-order chi connectivity index (χ1) is 9.19. The number of carbonyl (C=O) groups is 2. The monoisotopic (exact) mass is 265 g/mol. The van der Waals surface area contributed by atoms with Gasteiger partial charge in [0, 0.05) is 13.1 Å². The predicted molar refractivity (Wildman–Crippen MR) is 66.2 cm³/mol. The maximum absolute atomic E-state index is 10.5. The number of aromatic nitrogens is 2. The Morgan fingerprint density at radius 2 is 2.16 bits per heavy atom. The number of carboxylic acid groups (broad SMARTS) is 1. The Hall–Kier alpha value is -2.02. The molecule has 1 aliphatic rings. The number of piperidine rings is 1. The summed E-state index contributed by atoms with van der Waals surface area (Å²) in [6, 6.07) is 0. The summed E-state index contributed by atoms with van der Waals surface area (Å²) in [6.07, 6.45) is 5.16. The van der Waals surface area contributed by atoms with Gasteiger partial charge < -0.3 is 14.7 Å². The average molecular weight is 265 g/mol. The number of anilines is 1. The van der Waals surface area contributed by atoms with Crippen LogP contribution in [-0.2, 0) is 9.53 Å². The van der Waals surface area contributed by atoms with Crippen LogP contribution in [0.25, 0.3) is 0 Å². The molecule has 0 amide bonds. The highest BCUT2D eigenvalue weighted by Gasteiger charge is 2.21. The van der Waals surface area contributed by atoms with Crippen LogP contribution >= 0.6 is 0 Å². The summed E-state index contributed by atoms with van der Waals surface area (Å²) in [5.74, 6) is -0.222.